The Kier molecular flexibility index (Phi) is 3.78. The van der Waals surface area contributed by atoms with Gasteiger partial charge < -0.3 is 4.74 Å². The van der Waals surface area contributed by atoms with Gasteiger partial charge >= 0.3 is 0 Å². The summed E-state index contributed by atoms with van der Waals surface area (Å²) in [4.78, 5) is 0. The molecule has 0 spiro atoms. The average Bonchev–Trinajstić information content (AvgIpc) is 2.78. The maximum Gasteiger partial charge on any atom is 0.0525 e. The second-order valence-corrected chi connectivity index (χ2v) is 5.29. The molecule has 1 nitrogen and oxygen atoms in total. The lowest BCUT2D eigenvalue weighted by Gasteiger charge is -2.18. The molecule has 0 saturated heterocycles. The fourth-order valence-electron chi connectivity index (χ4n) is 1.58. The third-order valence-corrected chi connectivity index (χ3v) is 2.93. The van der Waals surface area contributed by atoms with E-state index in [4.69, 9.17) is 4.74 Å². The van der Waals surface area contributed by atoms with Crippen LogP contribution in [0.3, 0.4) is 0 Å². The number of hydrogen-bond acceptors (Lipinski definition) is 1. The molecule has 0 aromatic carbocycles. The highest BCUT2D eigenvalue weighted by Crippen LogP contribution is 2.50. The van der Waals surface area contributed by atoms with E-state index in [9.17, 15) is 0 Å². The Morgan fingerprint density at radius 1 is 1.15 bits per heavy atom. The van der Waals surface area contributed by atoms with Crippen molar-refractivity contribution in [3.63, 3.8) is 0 Å². The van der Waals surface area contributed by atoms with E-state index in [2.05, 4.69) is 27.7 Å². The number of rotatable bonds is 6. The molecule has 1 heteroatoms. The summed E-state index contributed by atoms with van der Waals surface area (Å²) in [7, 11) is 0. The van der Waals surface area contributed by atoms with E-state index in [0.717, 1.165) is 12.5 Å². The minimum atomic E-state index is 0.400. The van der Waals surface area contributed by atoms with E-state index in [0.29, 0.717) is 11.5 Å². The Labute approximate surface area is 82.9 Å². The van der Waals surface area contributed by atoms with Gasteiger partial charge in [-0.2, -0.15) is 0 Å². The Hall–Kier alpha value is -0.0400. The van der Waals surface area contributed by atoms with Gasteiger partial charge in [0, 0.05) is 0 Å². The van der Waals surface area contributed by atoms with Gasteiger partial charge in [-0.1, -0.05) is 20.3 Å². The number of hydrogen-bond donors (Lipinski definition) is 0. The molecule has 1 rings (SSSR count). The molecule has 0 aliphatic heterocycles. The quantitative estimate of drug-likeness (QED) is 0.612. The SMILES string of the molecule is CC(C)CCC1(COC(C)C)CC1. The third kappa shape index (κ3) is 4.12. The van der Waals surface area contributed by atoms with Crippen LogP contribution in [0.1, 0.15) is 53.4 Å². The molecule has 78 valence electrons. The highest BCUT2D eigenvalue weighted by molar-refractivity contribution is 4.92. The van der Waals surface area contributed by atoms with Gasteiger partial charge in [-0.3, -0.25) is 0 Å². The van der Waals surface area contributed by atoms with Gasteiger partial charge in [0.1, 0.15) is 0 Å². The van der Waals surface area contributed by atoms with Crippen molar-refractivity contribution >= 4 is 0 Å². The molecule has 1 aliphatic rings. The van der Waals surface area contributed by atoms with Crippen LogP contribution in [-0.4, -0.2) is 12.7 Å². The Bertz CT molecular complexity index is 131. The standard InChI is InChI=1S/C12H24O/c1-10(2)5-6-12(7-8-12)9-13-11(3)4/h10-11H,5-9H2,1-4H3. The van der Waals surface area contributed by atoms with Crippen molar-refractivity contribution in [3.05, 3.63) is 0 Å². The van der Waals surface area contributed by atoms with Crippen LogP contribution in [0.25, 0.3) is 0 Å². The van der Waals surface area contributed by atoms with E-state index in [1.54, 1.807) is 0 Å². The Morgan fingerprint density at radius 3 is 2.15 bits per heavy atom. The highest BCUT2D eigenvalue weighted by atomic mass is 16.5. The van der Waals surface area contributed by atoms with Gasteiger partial charge in [0.2, 0.25) is 0 Å². The van der Waals surface area contributed by atoms with Gasteiger partial charge in [-0.25, -0.2) is 0 Å². The monoisotopic (exact) mass is 184 g/mol. The molecule has 0 amide bonds. The first-order chi connectivity index (χ1) is 6.04. The fourth-order valence-corrected chi connectivity index (χ4v) is 1.58. The summed E-state index contributed by atoms with van der Waals surface area (Å²) in [6.45, 7) is 9.85. The van der Waals surface area contributed by atoms with E-state index < -0.39 is 0 Å². The lowest BCUT2D eigenvalue weighted by molar-refractivity contribution is 0.0395. The first kappa shape index (κ1) is 11.0. The van der Waals surface area contributed by atoms with Crippen LogP contribution in [0.15, 0.2) is 0 Å². The van der Waals surface area contributed by atoms with Gasteiger partial charge in [0.05, 0.1) is 12.7 Å². The fraction of sp³-hybridized carbons (Fsp3) is 1.00. The zero-order valence-corrected chi connectivity index (χ0v) is 9.60. The summed E-state index contributed by atoms with van der Waals surface area (Å²) in [5, 5.41) is 0. The van der Waals surface area contributed by atoms with Gasteiger partial charge in [-0.05, 0) is 44.4 Å². The largest absolute Gasteiger partial charge is 0.378 e. The molecule has 0 atom stereocenters. The van der Waals surface area contributed by atoms with Crippen molar-refractivity contribution < 1.29 is 4.74 Å². The van der Waals surface area contributed by atoms with Crippen LogP contribution >= 0.6 is 0 Å². The van der Waals surface area contributed by atoms with Crippen LogP contribution in [0.4, 0.5) is 0 Å². The Balaban J connectivity index is 2.15. The van der Waals surface area contributed by atoms with Crippen molar-refractivity contribution in [2.45, 2.75) is 59.5 Å². The van der Waals surface area contributed by atoms with Gasteiger partial charge in [-0.15, -0.1) is 0 Å². The molecule has 1 saturated carbocycles. The molecule has 1 fully saturated rings. The van der Waals surface area contributed by atoms with Crippen molar-refractivity contribution in [2.75, 3.05) is 6.61 Å². The zero-order valence-electron chi connectivity index (χ0n) is 9.60. The molecular weight excluding hydrogens is 160 g/mol. The van der Waals surface area contributed by atoms with Crippen LogP contribution in [-0.2, 0) is 4.74 Å². The third-order valence-electron chi connectivity index (χ3n) is 2.93. The highest BCUT2D eigenvalue weighted by Gasteiger charge is 2.42. The van der Waals surface area contributed by atoms with E-state index >= 15 is 0 Å². The summed E-state index contributed by atoms with van der Waals surface area (Å²) in [6, 6.07) is 0. The smallest absolute Gasteiger partial charge is 0.0525 e. The van der Waals surface area contributed by atoms with Crippen molar-refractivity contribution in [1.82, 2.24) is 0 Å². The van der Waals surface area contributed by atoms with Crippen LogP contribution in [0, 0.1) is 11.3 Å². The lowest BCUT2D eigenvalue weighted by atomic mass is 9.96. The molecule has 0 aromatic rings. The van der Waals surface area contributed by atoms with Crippen LogP contribution in [0.5, 0.6) is 0 Å². The first-order valence-corrected chi connectivity index (χ1v) is 5.66. The average molecular weight is 184 g/mol. The summed E-state index contributed by atoms with van der Waals surface area (Å²) in [6.07, 6.45) is 5.93. The minimum Gasteiger partial charge on any atom is -0.378 e. The predicted octanol–water partition coefficient (Wildman–Crippen LogP) is 3.63. The predicted molar refractivity (Wildman–Crippen MR) is 56.8 cm³/mol. The van der Waals surface area contributed by atoms with E-state index in [1.807, 2.05) is 0 Å². The van der Waals surface area contributed by atoms with Crippen molar-refractivity contribution in [3.8, 4) is 0 Å². The van der Waals surface area contributed by atoms with E-state index in [1.165, 1.54) is 25.7 Å². The van der Waals surface area contributed by atoms with Crippen molar-refractivity contribution in [2.24, 2.45) is 11.3 Å². The topological polar surface area (TPSA) is 9.23 Å². The second kappa shape index (κ2) is 4.45. The number of ether oxygens (including phenoxy) is 1. The zero-order chi connectivity index (χ0) is 9.90. The molecule has 0 aromatic heterocycles. The first-order valence-electron chi connectivity index (χ1n) is 5.66. The normalized spacial score (nSPS) is 19.8. The van der Waals surface area contributed by atoms with E-state index in [-0.39, 0.29) is 0 Å². The molecule has 0 unspecified atom stereocenters. The molecule has 0 bridgehead atoms. The summed E-state index contributed by atoms with van der Waals surface area (Å²) in [5.74, 6) is 0.844. The molecular formula is C12H24O. The molecule has 0 heterocycles. The molecule has 1 aliphatic carbocycles. The summed E-state index contributed by atoms with van der Waals surface area (Å²) < 4.78 is 5.70. The van der Waals surface area contributed by atoms with Crippen molar-refractivity contribution in [1.29, 1.82) is 0 Å². The van der Waals surface area contributed by atoms with Gasteiger partial charge in [0.15, 0.2) is 0 Å². The van der Waals surface area contributed by atoms with Crippen LogP contribution < -0.4 is 0 Å². The minimum absolute atomic E-state index is 0.400. The Morgan fingerprint density at radius 2 is 1.77 bits per heavy atom. The maximum atomic E-state index is 5.70. The summed E-state index contributed by atoms with van der Waals surface area (Å²) in [5.41, 5.74) is 0.592. The maximum absolute atomic E-state index is 5.70. The molecule has 0 radical (unpaired) electrons. The molecule has 0 N–H and O–H groups in total. The summed E-state index contributed by atoms with van der Waals surface area (Å²) >= 11 is 0. The molecule has 13 heavy (non-hydrogen) atoms. The van der Waals surface area contributed by atoms with Crippen LogP contribution in [0.2, 0.25) is 0 Å². The van der Waals surface area contributed by atoms with Gasteiger partial charge in [0.25, 0.3) is 0 Å². The second-order valence-electron chi connectivity index (χ2n) is 5.29. The lowest BCUT2D eigenvalue weighted by Crippen LogP contribution is -2.15.